The minimum absolute atomic E-state index is 0.308. The van der Waals surface area contributed by atoms with E-state index in [2.05, 4.69) is 10.1 Å². The Morgan fingerprint density at radius 1 is 1.35 bits per heavy atom. The number of fused-ring (bicyclic) bond motifs is 1. The Labute approximate surface area is 157 Å². The van der Waals surface area contributed by atoms with Crippen LogP contribution >= 0.6 is 11.6 Å². The lowest BCUT2D eigenvalue weighted by Crippen LogP contribution is -2.41. The van der Waals surface area contributed by atoms with Gasteiger partial charge >= 0.3 is 0 Å². The highest BCUT2D eigenvalue weighted by Gasteiger charge is 2.36. The first-order valence-electron chi connectivity index (χ1n) is 9.18. The van der Waals surface area contributed by atoms with Gasteiger partial charge in [0.2, 0.25) is 5.90 Å². The number of hydrazone groups is 1. The van der Waals surface area contributed by atoms with E-state index in [4.69, 9.17) is 22.1 Å². The fourth-order valence-electron chi connectivity index (χ4n) is 3.87. The van der Waals surface area contributed by atoms with Gasteiger partial charge in [-0.1, -0.05) is 30.9 Å². The van der Waals surface area contributed by atoms with E-state index in [9.17, 15) is 4.79 Å². The molecular weight excluding hydrogens is 352 g/mol. The molecule has 2 heterocycles. The lowest BCUT2D eigenvalue weighted by molar-refractivity contribution is -0.131. The number of hydrogen-bond acceptors (Lipinski definition) is 4. The number of aromatic amines is 1. The molecule has 2 aliphatic rings. The summed E-state index contributed by atoms with van der Waals surface area (Å²) in [4.78, 5) is 15.1. The van der Waals surface area contributed by atoms with Gasteiger partial charge in [0.15, 0.2) is 0 Å². The summed E-state index contributed by atoms with van der Waals surface area (Å²) in [6.07, 6.45) is 7.65. The van der Waals surface area contributed by atoms with Crippen molar-refractivity contribution in [2.45, 2.75) is 44.8 Å². The van der Waals surface area contributed by atoms with Crippen molar-refractivity contribution in [2.24, 2.45) is 16.8 Å². The second-order valence-corrected chi connectivity index (χ2v) is 7.50. The molecule has 1 fully saturated rings. The fraction of sp³-hybridized carbons (Fsp3) is 0.474. The lowest BCUT2D eigenvalue weighted by Gasteiger charge is -2.21. The molecular formula is C19H23ClN4O2. The molecule has 1 aromatic carbocycles. The monoisotopic (exact) mass is 374 g/mol. The van der Waals surface area contributed by atoms with Gasteiger partial charge in [0.05, 0.1) is 0 Å². The van der Waals surface area contributed by atoms with Crippen LogP contribution in [0.3, 0.4) is 0 Å². The van der Waals surface area contributed by atoms with Crippen LogP contribution in [0.15, 0.2) is 29.5 Å². The van der Waals surface area contributed by atoms with Crippen LogP contribution < -0.4 is 5.73 Å². The molecule has 1 unspecified atom stereocenters. The number of ether oxygens (including phenoxy) is 1. The predicted molar refractivity (Wildman–Crippen MR) is 102 cm³/mol. The molecule has 26 heavy (non-hydrogen) atoms. The molecule has 0 bridgehead atoms. The zero-order valence-corrected chi connectivity index (χ0v) is 15.3. The summed E-state index contributed by atoms with van der Waals surface area (Å²) in [7, 11) is 0. The summed E-state index contributed by atoms with van der Waals surface area (Å²) in [5, 5.41) is 8.08. The van der Waals surface area contributed by atoms with E-state index >= 15 is 0 Å². The van der Waals surface area contributed by atoms with Crippen LogP contribution in [-0.2, 0) is 16.0 Å². The number of benzene rings is 1. The number of hydrogen-bond donors (Lipinski definition) is 2. The Kier molecular flexibility index (Phi) is 4.76. The highest BCUT2D eigenvalue weighted by Crippen LogP contribution is 2.29. The summed E-state index contributed by atoms with van der Waals surface area (Å²) in [5.74, 6) is 0.486. The molecule has 0 spiro atoms. The SMILES string of the molecule is NC(=O)C1OC(C2CCCCC2)=NN1CCc1c[nH]c2ccc(Cl)cc12. The standard InChI is InChI=1S/C19H23ClN4O2/c20-14-6-7-16-15(10-14)13(11-22-16)8-9-24-19(17(21)25)26-18(23-24)12-4-2-1-3-5-12/h6-7,10-12,19,22H,1-5,8-9H2,(H2,21,25). The van der Waals surface area contributed by atoms with Crippen molar-refractivity contribution in [3.8, 4) is 0 Å². The quantitative estimate of drug-likeness (QED) is 0.841. The van der Waals surface area contributed by atoms with Gasteiger partial charge in [0, 0.05) is 34.6 Å². The molecule has 0 radical (unpaired) electrons. The molecule has 1 saturated carbocycles. The topological polar surface area (TPSA) is 83.7 Å². The van der Waals surface area contributed by atoms with Gasteiger partial charge in [0.1, 0.15) is 0 Å². The Morgan fingerprint density at radius 2 is 2.15 bits per heavy atom. The summed E-state index contributed by atoms with van der Waals surface area (Å²) < 4.78 is 5.82. The number of nitrogens with two attached hydrogens (primary N) is 1. The van der Waals surface area contributed by atoms with Crippen molar-refractivity contribution in [2.75, 3.05) is 6.54 Å². The maximum Gasteiger partial charge on any atom is 0.281 e. The number of amides is 1. The van der Waals surface area contributed by atoms with E-state index in [0.717, 1.165) is 35.7 Å². The Hall–Kier alpha value is -2.21. The molecule has 0 saturated heterocycles. The molecule has 1 atom stereocenters. The maximum atomic E-state index is 11.8. The highest BCUT2D eigenvalue weighted by atomic mass is 35.5. The van der Waals surface area contributed by atoms with E-state index in [0.29, 0.717) is 23.4 Å². The van der Waals surface area contributed by atoms with Crippen LogP contribution in [0.25, 0.3) is 10.9 Å². The number of nitrogens with one attached hydrogen (secondary N) is 1. The first kappa shape index (κ1) is 17.2. The van der Waals surface area contributed by atoms with Gasteiger partial charge in [-0.25, -0.2) is 5.01 Å². The summed E-state index contributed by atoms with van der Waals surface area (Å²) >= 11 is 6.12. The second kappa shape index (κ2) is 7.19. The van der Waals surface area contributed by atoms with Gasteiger partial charge in [-0.2, -0.15) is 0 Å². The number of primary amides is 1. The van der Waals surface area contributed by atoms with Gasteiger partial charge < -0.3 is 15.5 Å². The first-order valence-corrected chi connectivity index (χ1v) is 9.56. The molecule has 1 aliphatic heterocycles. The van der Waals surface area contributed by atoms with E-state index in [1.807, 2.05) is 24.4 Å². The Morgan fingerprint density at radius 3 is 2.92 bits per heavy atom. The Balaban J connectivity index is 1.50. The number of carbonyl (C=O) groups excluding carboxylic acids is 1. The minimum atomic E-state index is -0.805. The predicted octanol–water partition coefficient (Wildman–Crippen LogP) is 3.40. The molecule has 1 amide bonds. The summed E-state index contributed by atoms with van der Waals surface area (Å²) in [6.45, 7) is 0.559. The van der Waals surface area contributed by atoms with Crippen molar-refractivity contribution in [1.82, 2.24) is 9.99 Å². The smallest absolute Gasteiger partial charge is 0.281 e. The second-order valence-electron chi connectivity index (χ2n) is 7.06. The minimum Gasteiger partial charge on any atom is -0.444 e. The van der Waals surface area contributed by atoms with Gasteiger partial charge in [-0.15, -0.1) is 5.10 Å². The van der Waals surface area contributed by atoms with Crippen LogP contribution in [0.5, 0.6) is 0 Å². The first-order chi connectivity index (χ1) is 12.6. The zero-order valence-electron chi connectivity index (χ0n) is 14.6. The third-order valence-corrected chi connectivity index (χ3v) is 5.50. The fourth-order valence-corrected chi connectivity index (χ4v) is 4.04. The number of nitrogens with zero attached hydrogens (tertiary/aromatic N) is 2. The van der Waals surface area contributed by atoms with E-state index < -0.39 is 12.1 Å². The van der Waals surface area contributed by atoms with Crippen molar-refractivity contribution in [1.29, 1.82) is 0 Å². The normalized spacial score (nSPS) is 21.0. The highest BCUT2D eigenvalue weighted by molar-refractivity contribution is 6.31. The van der Waals surface area contributed by atoms with E-state index in [1.165, 1.54) is 19.3 Å². The third-order valence-electron chi connectivity index (χ3n) is 5.27. The van der Waals surface area contributed by atoms with Crippen LogP contribution in [0.1, 0.15) is 37.7 Å². The van der Waals surface area contributed by atoms with E-state index in [-0.39, 0.29) is 0 Å². The van der Waals surface area contributed by atoms with Crippen LogP contribution in [-0.4, -0.2) is 34.6 Å². The Bertz CT molecular complexity index is 841. The van der Waals surface area contributed by atoms with Gasteiger partial charge in [-0.05, 0) is 43.0 Å². The third kappa shape index (κ3) is 3.38. The van der Waals surface area contributed by atoms with Gasteiger partial charge in [-0.3, -0.25) is 4.79 Å². The molecule has 6 nitrogen and oxygen atoms in total. The van der Waals surface area contributed by atoms with Crippen LogP contribution in [0, 0.1) is 5.92 Å². The molecule has 138 valence electrons. The largest absolute Gasteiger partial charge is 0.444 e. The number of halogens is 1. The summed E-state index contributed by atoms with van der Waals surface area (Å²) in [6, 6.07) is 5.78. The molecule has 1 aromatic heterocycles. The van der Waals surface area contributed by atoms with Crippen molar-refractivity contribution >= 4 is 34.3 Å². The molecule has 2 aromatic rings. The van der Waals surface area contributed by atoms with E-state index in [1.54, 1.807) is 5.01 Å². The summed E-state index contributed by atoms with van der Waals surface area (Å²) in [5.41, 5.74) is 7.71. The molecule has 7 heteroatoms. The number of H-pyrrole nitrogens is 1. The van der Waals surface area contributed by atoms with Crippen molar-refractivity contribution in [3.05, 3.63) is 35.0 Å². The molecule has 4 rings (SSSR count). The maximum absolute atomic E-state index is 11.8. The van der Waals surface area contributed by atoms with Crippen molar-refractivity contribution < 1.29 is 9.53 Å². The lowest BCUT2D eigenvalue weighted by atomic mass is 9.89. The average Bonchev–Trinajstić information content (AvgIpc) is 3.24. The average molecular weight is 375 g/mol. The van der Waals surface area contributed by atoms with Crippen LogP contribution in [0.4, 0.5) is 0 Å². The number of carbonyl (C=O) groups is 1. The molecule has 1 aliphatic carbocycles. The number of rotatable bonds is 5. The number of aromatic nitrogens is 1. The van der Waals surface area contributed by atoms with Gasteiger partial charge in [0.25, 0.3) is 12.1 Å². The van der Waals surface area contributed by atoms with Crippen LogP contribution in [0.2, 0.25) is 5.02 Å². The van der Waals surface area contributed by atoms with Crippen molar-refractivity contribution in [3.63, 3.8) is 0 Å². The molecule has 3 N–H and O–H groups in total. The zero-order chi connectivity index (χ0) is 18.1.